The third-order valence-corrected chi connectivity index (χ3v) is 3.32. The summed E-state index contributed by atoms with van der Waals surface area (Å²) in [5, 5.41) is 3.59. The SMILES string of the molecule is CCCCNC(=O)C(CC)Oc1ccc(Cl)c(C)c1. The lowest BCUT2D eigenvalue weighted by Gasteiger charge is -2.17. The molecule has 0 aromatic heterocycles. The van der Waals surface area contributed by atoms with Gasteiger partial charge in [0, 0.05) is 11.6 Å². The van der Waals surface area contributed by atoms with Crippen LogP contribution in [0.4, 0.5) is 0 Å². The zero-order chi connectivity index (χ0) is 14.3. The first-order valence-corrected chi connectivity index (χ1v) is 7.16. The number of ether oxygens (including phenoxy) is 1. The highest BCUT2D eigenvalue weighted by atomic mass is 35.5. The minimum absolute atomic E-state index is 0.0523. The van der Waals surface area contributed by atoms with Crippen LogP contribution in [0.3, 0.4) is 0 Å². The highest BCUT2D eigenvalue weighted by molar-refractivity contribution is 6.31. The molecule has 19 heavy (non-hydrogen) atoms. The van der Waals surface area contributed by atoms with Crippen molar-refractivity contribution in [1.82, 2.24) is 5.32 Å². The van der Waals surface area contributed by atoms with E-state index in [9.17, 15) is 4.79 Å². The molecule has 0 heterocycles. The molecule has 1 aromatic rings. The van der Waals surface area contributed by atoms with Gasteiger partial charge in [0.15, 0.2) is 6.10 Å². The second kappa shape index (κ2) is 8.05. The molecule has 3 nitrogen and oxygen atoms in total. The van der Waals surface area contributed by atoms with Gasteiger partial charge in [-0.15, -0.1) is 0 Å². The van der Waals surface area contributed by atoms with Gasteiger partial charge in [0.1, 0.15) is 5.75 Å². The van der Waals surface area contributed by atoms with Crippen molar-refractivity contribution < 1.29 is 9.53 Å². The lowest BCUT2D eigenvalue weighted by atomic mass is 10.2. The van der Waals surface area contributed by atoms with Crippen molar-refractivity contribution in [1.29, 1.82) is 0 Å². The molecule has 1 atom stereocenters. The number of aryl methyl sites for hydroxylation is 1. The van der Waals surface area contributed by atoms with Crippen LogP contribution in [-0.4, -0.2) is 18.6 Å². The van der Waals surface area contributed by atoms with Crippen LogP contribution >= 0.6 is 11.6 Å². The Morgan fingerprint density at radius 2 is 2.16 bits per heavy atom. The third kappa shape index (κ3) is 5.11. The van der Waals surface area contributed by atoms with E-state index in [2.05, 4.69) is 12.2 Å². The van der Waals surface area contributed by atoms with E-state index >= 15 is 0 Å². The Morgan fingerprint density at radius 3 is 2.74 bits per heavy atom. The van der Waals surface area contributed by atoms with Gasteiger partial charge in [-0.25, -0.2) is 0 Å². The molecule has 0 aliphatic carbocycles. The molecule has 1 aromatic carbocycles. The zero-order valence-corrected chi connectivity index (χ0v) is 12.6. The van der Waals surface area contributed by atoms with Crippen molar-refractivity contribution in [2.24, 2.45) is 0 Å². The summed E-state index contributed by atoms with van der Waals surface area (Å²) in [6, 6.07) is 5.43. The van der Waals surface area contributed by atoms with Gasteiger partial charge in [0.05, 0.1) is 0 Å². The summed E-state index contributed by atoms with van der Waals surface area (Å²) in [5.41, 5.74) is 0.945. The number of halogens is 1. The monoisotopic (exact) mass is 283 g/mol. The van der Waals surface area contributed by atoms with Gasteiger partial charge >= 0.3 is 0 Å². The Labute approximate surface area is 120 Å². The predicted molar refractivity (Wildman–Crippen MR) is 78.8 cm³/mol. The van der Waals surface area contributed by atoms with Crippen molar-refractivity contribution >= 4 is 17.5 Å². The fourth-order valence-electron chi connectivity index (χ4n) is 1.68. The average molecular weight is 284 g/mol. The molecule has 0 spiro atoms. The van der Waals surface area contributed by atoms with Gasteiger partial charge in [-0.2, -0.15) is 0 Å². The smallest absolute Gasteiger partial charge is 0.261 e. The normalized spacial score (nSPS) is 12.0. The third-order valence-electron chi connectivity index (χ3n) is 2.90. The molecule has 0 radical (unpaired) electrons. The maximum atomic E-state index is 11.9. The molecule has 0 fully saturated rings. The number of rotatable bonds is 7. The molecule has 1 N–H and O–H groups in total. The van der Waals surface area contributed by atoms with Crippen LogP contribution < -0.4 is 10.1 Å². The van der Waals surface area contributed by atoms with Gasteiger partial charge < -0.3 is 10.1 Å². The number of carbonyl (C=O) groups is 1. The Morgan fingerprint density at radius 1 is 1.42 bits per heavy atom. The van der Waals surface area contributed by atoms with Crippen LogP contribution in [0.1, 0.15) is 38.7 Å². The van der Waals surface area contributed by atoms with E-state index in [0.717, 1.165) is 18.4 Å². The summed E-state index contributed by atoms with van der Waals surface area (Å²) < 4.78 is 5.72. The molecular formula is C15H22ClNO2. The number of hydrogen-bond donors (Lipinski definition) is 1. The van der Waals surface area contributed by atoms with E-state index in [-0.39, 0.29) is 5.91 Å². The maximum Gasteiger partial charge on any atom is 0.261 e. The van der Waals surface area contributed by atoms with Crippen LogP contribution in [0, 0.1) is 6.92 Å². The van der Waals surface area contributed by atoms with Crippen LogP contribution in [0.5, 0.6) is 5.75 Å². The van der Waals surface area contributed by atoms with Crippen molar-refractivity contribution in [2.45, 2.75) is 46.1 Å². The van der Waals surface area contributed by atoms with Gasteiger partial charge in [0.2, 0.25) is 0 Å². The van der Waals surface area contributed by atoms with Crippen molar-refractivity contribution in [2.75, 3.05) is 6.54 Å². The average Bonchev–Trinajstić information content (AvgIpc) is 2.40. The standard InChI is InChI=1S/C15H22ClNO2/c1-4-6-9-17-15(18)14(5-2)19-12-7-8-13(16)11(3)10-12/h7-8,10,14H,4-6,9H2,1-3H3,(H,17,18). The first-order valence-electron chi connectivity index (χ1n) is 6.79. The quantitative estimate of drug-likeness (QED) is 0.775. The van der Waals surface area contributed by atoms with Crippen molar-refractivity contribution in [3.05, 3.63) is 28.8 Å². The summed E-state index contributed by atoms with van der Waals surface area (Å²) >= 11 is 5.96. The lowest BCUT2D eigenvalue weighted by Crippen LogP contribution is -2.38. The highest BCUT2D eigenvalue weighted by Crippen LogP contribution is 2.22. The topological polar surface area (TPSA) is 38.3 Å². The van der Waals surface area contributed by atoms with Gasteiger partial charge in [-0.3, -0.25) is 4.79 Å². The first-order chi connectivity index (χ1) is 9.08. The first kappa shape index (κ1) is 15.8. The summed E-state index contributed by atoms with van der Waals surface area (Å²) in [6.45, 7) is 6.65. The molecular weight excluding hydrogens is 262 g/mol. The fourth-order valence-corrected chi connectivity index (χ4v) is 1.80. The second-order valence-electron chi connectivity index (χ2n) is 4.57. The van der Waals surface area contributed by atoms with E-state index in [1.54, 1.807) is 12.1 Å². The molecule has 106 valence electrons. The minimum atomic E-state index is -0.447. The van der Waals surface area contributed by atoms with Crippen molar-refractivity contribution in [3.8, 4) is 5.75 Å². The second-order valence-corrected chi connectivity index (χ2v) is 4.98. The zero-order valence-electron chi connectivity index (χ0n) is 11.8. The molecule has 1 amide bonds. The Bertz CT molecular complexity index is 421. The minimum Gasteiger partial charge on any atom is -0.481 e. The molecule has 0 aliphatic rings. The molecule has 1 unspecified atom stereocenters. The summed E-state index contributed by atoms with van der Waals surface area (Å²) in [6.07, 6.45) is 2.24. The Kier molecular flexibility index (Phi) is 6.71. The Balaban J connectivity index is 2.60. The summed E-state index contributed by atoms with van der Waals surface area (Å²) in [5.74, 6) is 0.628. The highest BCUT2D eigenvalue weighted by Gasteiger charge is 2.17. The number of hydrogen-bond acceptors (Lipinski definition) is 2. The van der Waals surface area contributed by atoms with E-state index in [0.29, 0.717) is 23.7 Å². The molecule has 0 saturated carbocycles. The lowest BCUT2D eigenvalue weighted by molar-refractivity contribution is -0.128. The maximum absolute atomic E-state index is 11.9. The van der Waals surface area contributed by atoms with Gasteiger partial charge in [-0.05, 0) is 43.5 Å². The number of nitrogens with one attached hydrogen (secondary N) is 1. The summed E-state index contributed by atoms with van der Waals surface area (Å²) in [4.78, 5) is 11.9. The van der Waals surface area contributed by atoms with Gasteiger partial charge in [0.25, 0.3) is 5.91 Å². The van der Waals surface area contributed by atoms with Crippen LogP contribution in [-0.2, 0) is 4.79 Å². The molecule has 0 saturated heterocycles. The van der Waals surface area contributed by atoms with Crippen LogP contribution in [0.25, 0.3) is 0 Å². The van der Waals surface area contributed by atoms with E-state index in [1.807, 2.05) is 19.9 Å². The summed E-state index contributed by atoms with van der Waals surface area (Å²) in [7, 11) is 0. The number of unbranched alkanes of at least 4 members (excludes halogenated alkanes) is 1. The molecule has 0 aliphatic heterocycles. The molecule has 0 bridgehead atoms. The van der Waals surface area contributed by atoms with Crippen LogP contribution in [0.15, 0.2) is 18.2 Å². The number of amides is 1. The largest absolute Gasteiger partial charge is 0.481 e. The fraction of sp³-hybridized carbons (Fsp3) is 0.533. The van der Waals surface area contributed by atoms with E-state index < -0.39 is 6.10 Å². The molecule has 1 rings (SSSR count). The number of carbonyl (C=O) groups excluding carboxylic acids is 1. The van der Waals surface area contributed by atoms with E-state index in [4.69, 9.17) is 16.3 Å². The van der Waals surface area contributed by atoms with Crippen molar-refractivity contribution in [3.63, 3.8) is 0 Å². The Hall–Kier alpha value is -1.22. The molecule has 4 heteroatoms. The van der Waals surface area contributed by atoms with Gasteiger partial charge in [-0.1, -0.05) is 31.9 Å². The van der Waals surface area contributed by atoms with Crippen LogP contribution in [0.2, 0.25) is 5.02 Å². The predicted octanol–water partition coefficient (Wildman–Crippen LogP) is 3.72. The number of benzene rings is 1. The van der Waals surface area contributed by atoms with E-state index in [1.165, 1.54) is 0 Å².